The van der Waals surface area contributed by atoms with Crippen molar-refractivity contribution >= 4 is 0 Å². The molecule has 1 aromatic heterocycles. The van der Waals surface area contributed by atoms with Crippen molar-refractivity contribution in [3.8, 4) is 6.07 Å². The van der Waals surface area contributed by atoms with E-state index in [-0.39, 0.29) is 16.9 Å². The number of fused-ring (bicyclic) bond motifs is 7. The molecular weight excluding hydrogens is 410 g/mol. The van der Waals surface area contributed by atoms with Crippen LogP contribution in [0.15, 0.2) is 12.4 Å². The summed E-state index contributed by atoms with van der Waals surface area (Å²) in [7, 11) is 0. The molecule has 5 fully saturated rings. The largest absolute Gasteiger partial charge is 0.389 e. The van der Waals surface area contributed by atoms with Crippen LogP contribution in [-0.2, 0) is 6.54 Å². The molecule has 5 aliphatic rings. The fourth-order valence-corrected chi connectivity index (χ4v) is 10.6. The van der Waals surface area contributed by atoms with E-state index in [0.29, 0.717) is 29.9 Å². The van der Waals surface area contributed by atoms with Gasteiger partial charge in [0.05, 0.1) is 29.5 Å². The lowest BCUT2D eigenvalue weighted by atomic mass is 9.49. The molecule has 0 aliphatic heterocycles. The minimum atomic E-state index is -0.823. The van der Waals surface area contributed by atoms with Gasteiger partial charge < -0.3 is 10.2 Å². The third-order valence-electron chi connectivity index (χ3n) is 11.7. The minimum absolute atomic E-state index is 0.184. The smallest absolute Gasteiger partial charge is 0.102 e. The molecule has 0 saturated heterocycles. The Hall–Kier alpha value is -1.38. The predicted octanol–water partition coefficient (Wildman–Crippen LogP) is 4.77. The Labute approximate surface area is 198 Å². The van der Waals surface area contributed by atoms with E-state index in [0.717, 1.165) is 42.9 Å². The zero-order valence-electron chi connectivity index (χ0n) is 20.6. The summed E-state index contributed by atoms with van der Waals surface area (Å²) in [5, 5.41) is 36.3. The highest BCUT2D eigenvalue weighted by Gasteiger charge is 2.70. The lowest BCUT2D eigenvalue weighted by molar-refractivity contribution is -0.119. The highest BCUT2D eigenvalue weighted by Crippen LogP contribution is 2.71. The Morgan fingerprint density at radius 2 is 1.85 bits per heavy atom. The summed E-state index contributed by atoms with van der Waals surface area (Å²) in [5.41, 5.74) is -0.403. The van der Waals surface area contributed by atoms with E-state index < -0.39 is 5.60 Å². The molecule has 5 aliphatic carbocycles. The molecule has 0 spiro atoms. The van der Waals surface area contributed by atoms with E-state index in [1.165, 1.54) is 38.5 Å². The van der Waals surface area contributed by atoms with Gasteiger partial charge in [0.25, 0.3) is 0 Å². The van der Waals surface area contributed by atoms with Crippen LogP contribution in [-0.4, -0.2) is 31.2 Å². The molecule has 180 valence electrons. The molecule has 1 heterocycles. The Morgan fingerprint density at radius 1 is 1.12 bits per heavy atom. The Bertz CT molecular complexity index is 965. The number of hydrogen-bond acceptors (Lipinski definition) is 4. The molecule has 2 unspecified atom stereocenters. The van der Waals surface area contributed by atoms with Gasteiger partial charge >= 0.3 is 0 Å². The molecule has 0 amide bonds. The Balaban J connectivity index is 1.20. The molecule has 0 bridgehead atoms. The van der Waals surface area contributed by atoms with Crippen molar-refractivity contribution < 1.29 is 10.2 Å². The highest BCUT2D eigenvalue weighted by atomic mass is 16.3. The van der Waals surface area contributed by atoms with Crippen molar-refractivity contribution in [2.24, 2.45) is 52.8 Å². The molecule has 11 atom stereocenters. The second kappa shape index (κ2) is 7.31. The van der Waals surface area contributed by atoms with E-state index >= 15 is 0 Å². The fraction of sp³-hybridized carbons (Fsp3) is 0.857. The number of rotatable bonds is 4. The van der Waals surface area contributed by atoms with Crippen LogP contribution in [0.2, 0.25) is 0 Å². The van der Waals surface area contributed by atoms with Crippen molar-refractivity contribution in [3.05, 3.63) is 18.0 Å². The van der Waals surface area contributed by atoms with E-state index in [4.69, 9.17) is 5.26 Å². The first-order valence-electron chi connectivity index (χ1n) is 13.6. The maximum Gasteiger partial charge on any atom is 0.102 e. The molecule has 33 heavy (non-hydrogen) atoms. The number of nitriles is 1. The standard InChI is InChI=1S/C28H41N3O2/c1-4-22-25-21-6-5-20-18(19(21)10-12-28(22,25)33)9-11-26(2)23(20)7-8-24(26)27(3,32)16-31-15-17(13-29)14-30-31/h14-15,18-25,32-33H,4-12,16H2,1-3H3/t18-,19-,20-,21+,22?,23+,24+,25?,26+,27+,28+/m1/s1. The van der Waals surface area contributed by atoms with Crippen LogP contribution < -0.4 is 0 Å². The van der Waals surface area contributed by atoms with Gasteiger partial charge in [-0.1, -0.05) is 20.3 Å². The first-order chi connectivity index (χ1) is 15.7. The van der Waals surface area contributed by atoms with E-state index in [1.807, 2.05) is 6.92 Å². The summed E-state index contributed by atoms with van der Waals surface area (Å²) in [4.78, 5) is 0. The second-order valence-electron chi connectivity index (χ2n) is 13.0. The minimum Gasteiger partial charge on any atom is -0.389 e. The monoisotopic (exact) mass is 451 g/mol. The van der Waals surface area contributed by atoms with Crippen molar-refractivity contribution in [2.75, 3.05) is 0 Å². The van der Waals surface area contributed by atoms with Crippen molar-refractivity contribution in [1.29, 1.82) is 5.26 Å². The van der Waals surface area contributed by atoms with Crippen molar-refractivity contribution in [1.82, 2.24) is 9.78 Å². The summed E-state index contributed by atoms with van der Waals surface area (Å²) in [6.07, 6.45) is 14.3. The second-order valence-corrected chi connectivity index (χ2v) is 13.0. The fourth-order valence-electron chi connectivity index (χ4n) is 10.6. The van der Waals surface area contributed by atoms with Gasteiger partial charge in [0, 0.05) is 6.20 Å². The molecule has 0 aromatic carbocycles. The van der Waals surface area contributed by atoms with Gasteiger partial charge in [-0.2, -0.15) is 10.4 Å². The molecule has 5 nitrogen and oxygen atoms in total. The van der Waals surface area contributed by atoms with Gasteiger partial charge in [0.15, 0.2) is 0 Å². The van der Waals surface area contributed by atoms with Gasteiger partial charge in [0.1, 0.15) is 6.07 Å². The predicted molar refractivity (Wildman–Crippen MR) is 126 cm³/mol. The zero-order valence-corrected chi connectivity index (χ0v) is 20.6. The van der Waals surface area contributed by atoms with Crippen LogP contribution in [0, 0.1) is 64.1 Å². The van der Waals surface area contributed by atoms with E-state index in [9.17, 15) is 10.2 Å². The first kappa shape index (κ1) is 22.1. The van der Waals surface area contributed by atoms with Gasteiger partial charge in [-0.05, 0) is 111 Å². The van der Waals surface area contributed by atoms with Crippen molar-refractivity contribution in [2.45, 2.75) is 96.3 Å². The maximum absolute atomic E-state index is 11.7. The lowest BCUT2D eigenvalue weighted by Gasteiger charge is -2.57. The topological polar surface area (TPSA) is 82.1 Å². The summed E-state index contributed by atoms with van der Waals surface area (Å²) in [6, 6.07) is 2.14. The summed E-state index contributed by atoms with van der Waals surface area (Å²) in [5.74, 6) is 5.34. The summed E-state index contributed by atoms with van der Waals surface area (Å²) >= 11 is 0. The first-order valence-corrected chi connectivity index (χ1v) is 13.6. The van der Waals surface area contributed by atoms with Gasteiger partial charge in [-0.3, -0.25) is 4.68 Å². The van der Waals surface area contributed by atoms with E-state index in [1.54, 1.807) is 17.1 Å². The summed E-state index contributed by atoms with van der Waals surface area (Å²) < 4.78 is 1.76. The number of hydrogen-bond donors (Lipinski definition) is 2. The van der Waals surface area contributed by atoms with Crippen molar-refractivity contribution in [3.63, 3.8) is 0 Å². The van der Waals surface area contributed by atoms with Crippen LogP contribution >= 0.6 is 0 Å². The zero-order chi connectivity index (χ0) is 23.2. The molecule has 6 rings (SSSR count). The van der Waals surface area contributed by atoms with Gasteiger partial charge in [-0.15, -0.1) is 0 Å². The number of nitrogens with zero attached hydrogens (tertiary/aromatic N) is 3. The highest BCUT2D eigenvalue weighted by molar-refractivity contribution is 5.22. The molecule has 5 heteroatoms. The quantitative estimate of drug-likeness (QED) is 0.691. The van der Waals surface area contributed by atoms with Gasteiger partial charge in [-0.25, -0.2) is 0 Å². The van der Waals surface area contributed by atoms with Crippen LogP contribution in [0.25, 0.3) is 0 Å². The molecule has 5 saturated carbocycles. The third-order valence-corrected chi connectivity index (χ3v) is 11.7. The van der Waals surface area contributed by atoms with Crippen LogP contribution in [0.1, 0.15) is 84.1 Å². The maximum atomic E-state index is 11.7. The molecule has 1 aromatic rings. The molecule has 0 radical (unpaired) electrons. The molecular formula is C28H41N3O2. The van der Waals surface area contributed by atoms with Gasteiger partial charge in [0.2, 0.25) is 0 Å². The van der Waals surface area contributed by atoms with Crippen LogP contribution in [0.3, 0.4) is 0 Å². The number of aromatic nitrogens is 2. The Kier molecular flexibility index (Phi) is 4.90. The number of aliphatic hydroxyl groups is 2. The van der Waals surface area contributed by atoms with E-state index in [2.05, 4.69) is 25.0 Å². The molecule has 2 N–H and O–H groups in total. The third kappa shape index (κ3) is 3.05. The SMILES string of the molecule is CCC1C2[C@H]3CC[C@@H]4[C@H](CC[C@@]5(C)[C@H]4CC[C@@H]5[C@@](C)(O)Cn4cc(C#N)cn4)[C@H]3CC[C@]12O. The lowest BCUT2D eigenvalue weighted by Crippen LogP contribution is -2.53. The Morgan fingerprint density at radius 3 is 2.58 bits per heavy atom. The summed E-state index contributed by atoms with van der Waals surface area (Å²) in [6.45, 7) is 7.20. The average molecular weight is 452 g/mol. The van der Waals surface area contributed by atoms with Crippen LogP contribution in [0.5, 0.6) is 0 Å². The van der Waals surface area contributed by atoms with Crippen LogP contribution in [0.4, 0.5) is 0 Å². The average Bonchev–Trinajstić information content (AvgIpc) is 3.04. The normalized spacial score (nSPS) is 49.7.